The van der Waals surface area contributed by atoms with Gasteiger partial charge in [0.2, 0.25) is 0 Å². The van der Waals surface area contributed by atoms with Crippen LogP contribution in [0, 0.1) is 5.41 Å². The lowest BCUT2D eigenvalue weighted by molar-refractivity contribution is -0.138. The second-order valence-electron chi connectivity index (χ2n) is 8.90. The molecule has 0 fully saturated rings. The Balaban J connectivity index is 2.79. The summed E-state index contributed by atoms with van der Waals surface area (Å²) in [5.74, 6) is -1.64. The van der Waals surface area contributed by atoms with Gasteiger partial charge < -0.3 is 37.9 Å². The molecule has 0 saturated carbocycles. The van der Waals surface area contributed by atoms with Crippen LogP contribution >= 0.6 is 0 Å². The summed E-state index contributed by atoms with van der Waals surface area (Å²) in [6.45, 7) is 7.59. The molecular formula is C31H44O11. The van der Waals surface area contributed by atoms with Crippen LogP contribution in [0.3, 0.4) is 0 Å². The molecule has 0 heterocycles. The van der Waals surface area contributed by atoms with Crippen molar-refractivity contribution in [3.05, 3.63) is 72.9 Å². The van der Waals surface area contributed by atoms with Crippen molar-refractivity contribution in [1.29, 1.82) is 0 Å². The van der Waals surface area contributed by atoms with E-state index in [-0.39, 0.29) is 46.2 Å². The summed E-state index contributed by atoms with van der Waals surface area (Å²) < 4.78 is 43.2. The fourth-order valence-corrected chi connectivity index (χ4v) is 3.27. The molecule has 0 spiro atoms. The van der Waals surface area contributed by atoms with Crippen molar-refractivity contribution in [3.63, 3.8) is 0 Å². The molecule has 0 unspecified atom stereocenters. The highest BCUT2D eigenvalue weighted by molar-refractivity contribution is 5.82. The van der Waals surface area contributed by atoms with Gasteiger partial charge in [0.05, 0.1) is 75.5 Å². The summed E-state index contributed by atoms with van der Waals surface area (Å²) in [6.07, 6.45) is 8.70. The molecule has 0 amide bonds. The van der Waals surface area contributed by atoms with Crippen LogP contribution in [-0.2, 0) is 58.9 Å². The molecule has 0 N–H and O–H groups in total. The van der Waals surface area contributed by atoms with Crippen molar-refractivity contribution < 1.29 is 52.3 Å². The largest absolute Gasteiger partial charge is 0.500 e. The minimum Gasteiger partial charge on any atom is -0.500 e. The molecule has 234 valence electrons. The number of hydrogen-bond acceptors (Lipinski definition) is 11. The van der Waals surface area contributed by atoms with Crippen molar-refractivity contribution in [3.8, 4) is 0 Å². The Labute approximate surface area is 248 Å². The van der Waals surface area contributed by atoms with E-state index in [0.29, 0.717) is 19.8 Å². The molecule has 0 aromatic heterocycles. The molecule has 0 radical (unpaired) electrons. The van der Waals surface area contributed by atoms with E-state index >= 15 is 0 Å². The van der Waals surface area contributed by atoms with E-state index in [4.69, 9.17) is 37.9 Å². The van der Waals surface area contributed by atoms with Gasteiger partial charge in [0.1, 0.15) is 19.8 Å². The average molecular weight is 593 g/mol. The van der Waals surface area contributed by atoms with Gasteiger partial charge in [-0.05, 0) is 39.2 Å². The SMILES string of the molecule is CCOC(=O)C=COCC(COC=CC(=O)OCC)(COC=CC(=O)OCC)COCCCCOCc1ccccc1. The third-order valence-corrected chi connectivity index (χ3v) is 5.28. The van der Waals surface area contributed by atoms with Gasteiger partial charge in [-0.2, -0.15) is 0 Å². The maximum Gasteiger partial charge on any atom is 0.333 e. The minimum atomic E-state index is -0.902. The zero-order valence-electron chi connectivity index (χ0n) is 24.8. The van der Waals surface area contributed by atoms with Gasteiger partial charge in [-0.1, -0.05) is 30.3 Å². The van der Waals surface area contributed by atoms with E-state index in [2.05, 4.69) is 0 Å². The molecular weight excluding hydrogens is 548 g/mol. The lowest BCUT2D eigenvalue weighted by atomic mass is 9.92. The van der Waals surface area contributed by atoms with E-state index in [1.165, 1.54) is 18.8 Å². The molecule has 11 nitrogen and oxygen atoms in total. The number of rotatable bonds is 24. The maximum absolute atomic E-state index is 11.6. The Morgan fingerprint density at radius 1 is 0.619 bits per heavy atom. The summed E-state index contributed by atoms with van der Waals surface area (Å²) in [5.41, 5.74) is 0.213. The molecule has 1 rings (SSSR count). The molecule has 1 aromatic rings. The average Bonchev–Trinajstić information content (AvgIpc) is 2.98. The second-order valence-corrected chi connectivity index (χ2v) is 8.90. The van der Waals surface area contributed by atoms with E-state index in [9.17, 15) is 14.4 Å². The van der Waals surface area contributed by atoms with Crippen LogP contribution < -0.4 is 0 Å². The van der Waals surface area contributed by atoms with E-state index in [1.54, 1.807) is 20.8 Å². The van der Waals surface area contributed by atoms with E-state index in [1.807, 2.05) is 30.3 Å². The van der Waals surface area contributed by atoms with Crippen LogP contribution in [-0.4, -0.2) is 77.4 Å². The zero-order chi connectivity index (χ0) is 30.7. The predicted octanol–water partition coefficient (Wildman–Crippen LogP) is 4.27. The number of carbonyl (C=O) groups excluding carboxylic acids is 3. The number of carbonyl (C=O) groups is 3. The standard InChI is InChI=1S/C31H44O11/c1-4-40-28(32)14-19-37-24-31(25-38-20-15-29(33)41-5-2,26-39-21-16-30(34)42-6-3)23-36-18-11-10-17-35-22-27-12-8-7-9-13-27/h7-9,12-16,19-21H,4-6,10-11,17-18,22-26H2,1-3H3. The smallest absolute Gasteiger partial charge is 0.333 e. The first kappa shape index (κ1) is 36.2. The Bertz CT molecular complexity index is 878. The van der Waals surface area contributed by atoms with Crippen molar-refractivity contribution in [2.24, 2.45) is 5.41 Å². The topological polar surface area (TPSA) is 125 Å². The van der Waals surface area contributed by atoms with Gasteiger partial charge in [-0.3, -0.25) is 0 Å². The zero-order valence-corrected chi connectivity index (χ0v) is 24.8. The third kappa shape index (κ3) is 18.5. The second kappa shape index (κ2) is 23.8. The van der Waals surface area contributed by atoms with E-state index < -0.39 is 23.3 Å². The molecule has 42 heavy (non-hydrogen) atoms. The highest BCUT2D eigenvalue weighted by Crippen LogP contribution is 2.22. The summed E-state index contributed by atoms with van der Waals surface area (Å²) in [7, 11) is 0. The van der Waals surface area contributed by atoms with Gasteiger partial charge in [-0.15, -0.1) is 0 Å². The third-order valence-electron chi connectivity index (χ3n) is 5.28. The van der Waals surface area contributed by atoms with Crippen LogP contribution in [0.2, 0.25) is 0 Å². The number of benzene rings is 1. The number of hydrogen-bond donors (Lipinski definition) is 0. The van der Waals surface area contributed by atoms with Crippen molar-refractivity contribution in [1.82, 2.24) is 0 Å². The van der Waals surface area contributed by atoms with Crippen LogP contribution in [0.4, 0.5) is 0 Å². The molecule has 0 atom stereocenters. The maximum atomic E-state index is 11.6. The van der Waals surface area contributed by atoms with Gasteiger partial charge in [-0.25, -0.2) is 14.4 Å². The Hall–Kier alpha value is -3.83. The molecule has 1 aromatic carbocycles. The molecule has 11 heteroatoms. The lowest BCUT2D eigenvalue weighted by Crippen LogP contribution is -2.40. The first-order valence-corrected chi connectivity index (χ1v) is 14.0. The Morgan fingerprint density at radius 3 is 1.48 bits per heavy atom. The Kier molecular flexibility index (Phi) is 20.5. The molecule has 0 bridgehead atoms. The fraction of sp³-hybridized carbons (Fsp3) is 0.516. The first-order chi connectivity index (χ1) is 20.4. The van der Waals surface area contributed by atoms with Crippen molar-refractivity contribution in [2.75, 3.05) is 59.5 Å². The molecule has 0 aliphatic heterocycles. The molecule has 0 aliphatic carbocycles. The monoisotopic (exact) mass is 592 g/mol. The summed E-state index contributed by atoms with van der Waals surface area (Å²) >= 11 is 0. The van der Waals surface area contributed by atoms with Crippen LogP contribution in [0.5, 0.6) is 0 Å². The number of unbranched alkanes of at least 4 members (excludes halogenated alkanes) is 1. The predicted molar refractivity (Wildman–Crippen MR) is 154 cm³/mol. The number of ether oxygens (including phenoxy) is 8. The normalized spacial score (nSPS) is 12.7. The fourth-order valence-electron chi connectivity index (χ4n) is 3.27. The first-order valence-electron chi connectivity index (χ1n) is 14.0. The van der Waals surface area contributed by atoms with Gasteiger partial charge >= 0.3 is 17.9 Å². The Morgan fingerprint density at radius 2 is 1.05 bits per heavy atom. The highest BCUT2D eigenvalue weighted by atomic mass is 16.5. The quantitative estimate of drug-likeness (QED) is 0.0562. The van der Waals surface area contributed by atoms with Crippen LogP contribution in [0.25, 0.3) is 0 Å². The molecule has 0 aliphatic rings. The highest BCUT2D eigenvalue weighted by Gasteiger charge is 2.34. The summed E-state index contributed by atoms with van der Waals surface area (Å²) in [5, 5.41) is 0. The lowest BCUT2D eigenvalue weighted by Gasteiger charge is -2.31. The van der Waals surface area contributed by atoms with Crippen molar-refractivity contribution in [2.45, 2.75) is 40.2 Å². The van der Waals surface area contributed by atoms with Gasteiger partial charge in [0, 0.05) is 13.2 Å². The van der Waals surface area contributed by atoms with Gasteiger partial charge in [0.25, 0.3) is 0 Å². The number of esters is 3. The van der Waals surface area contributed by atoms with Gasteiger partial charge in [0.15, 0.2) is 0 Å². The molecule has 0 saturated heterocycles. The van der Waals surface area contributed by atoms with Crippen LogP contribution in [0.15, 0.2) is 67.3 Å². The van der Waals surface area contributed by atoms with E-state index in [0.717, 1.165) is 36.6 Å². The van der Waals surface area contributed by atoms with Crippen LogP contribution in [0.1, 0.15) is 39.2 Å². The minimum absolute atomic E-state index is 0.0174. The summed E-state index contributed by atoms with van der Waals surface area (Å²) in [6, 6.07) is 9.94. The summed E-state index contributed by atoms with van der Waals surface area (Å²) in [4.78, 5) is 34.9. The van der Waals surface area contributed by atoms with Crippen molar-refractivity contribution >= 4 is 17.9 Å².